The van der Waals surface area contributed by atoms with Crippen molar-refractivity contribution >= 4 is 22.8 Å². The molecule has 2 fully saturated rings. The van der Waals surface area contributed by atoms with Crippen molar-refractivity contribution in [2.75, 3.05) is 12.3 Å². The van der Waals surface area contributed by atoms with Crippen molar-refractivity contribution in [3.05, 3.63) is 30.6 Å². The Morgan fingerprint density at radius 2 is 2.06 bits per heavy atom. The first kappa shape index (κ1) is 21.2. The number of carbonyl (C=O) groups excluding carboxylic acids is 1. The summed E-state index contributed by atoms with van der Waals surface area (Å²) >= 11 is 0. The van der Waals surface area contributed by atoms with Crippen LogP contribution in [0.2, 0.25) is 0 Å². The van der Waals surface area contributed by atoms with E-state index in [1.54, 1.807) is 6.92 Å². The largest absolute Gasteiger partial charge is 0.465 e. The number of carbonyl (C=O) groups is 1. The predicted molar refractivity (Wildman–Crippen MR) is 123 cm³/mol. The van der Waals surface area contributed by atoms with Gasteiger partial charge >= 0.3 is 0 Å². The monoisotopic (exact) mass is 446 g/mol. The molecule has 1 amide bonds. The Labute approximate surface area is 191 Å². The molecule has 0 spiro atoms. The molecule has 33 heavy (non-hydrogen) atoms. The van der Waals surface area contributed by atoms with Crippen molar-refractivity contribution in [3.63, 3.8) is 0 Å². The van der Waals surface area contributed by atoms with Gasteiger partial charge in [-0.3, -0.25) is 4.79 Å². The van der Waals surface area contributed by atoms with Crippen molar-refractivity contribution in [3.8, 4) is 28.8 Å². The summed E-state index contributed by atoms with van der Waals surface area (Å²) in [6, 6.07) is 7.95. The summed E-state index contributed by atoms with van der Waals surface area (Å²) in [7, 11) is 0. The van der Waals surface area contributed by atoms with E-state index in [-0.39, 0.29) is 24.3 Å². The van der Waals surface area contributed by atoms with Gasteiger partial charge in [0, 0.05) is 18.0 Å². The van der Waals surface area contributed by atoms with E-state index in [0.717, 1.165) is 61.1 Å². The van der Waals surface area contributed by atoms with Gasteiger partial charge in [-0.25, -0.2) is 14.6 Å². The zero-order valence-corrected chi connectivity index (χ0v) is 18.5. The van der Waals surface area contributed by atoms with E-state index in [0.29, 0.717) is 11.5 Å². The molecule has 170 valence electrons. The topological polar surface area (TPSA) is 117 Å². The van der Waals surface area contributed by atoms with Gasteiger partial charge in [-0.1, -0.05) is 5.92 Å². The van der Waals surface area contributed by atoms with Crippen molar-refractivity contribution in [2.45, 2.75) is 57.4 Å². The van der Waals surface area contributed by atoms with Crippen LogP contribution in [0, 0.1) is 11.8 Å². The highest BCUT2D eigenvalue weighted by Crippen LogP contribution is 2.38. The van der Waals surface area contributed by atoms with E-state index < -0.39 is 0 Å². The fourth-order valence-electron chi connectivity index (χ4n) is 4.34. The highest BCUT2D eigenvalue weighted by molar-refractivity contribution is 5.98. The summed E-state index contributed by atoms with van der Waals surface area (Å²) in [5.41, 5.74) is 8.55. The Morgan fingerprint density at radius 1 is 1.24 bits per heavy atom. The molecule has 0 bridgehead atoms. The number of hydrogen-bond donors (Lipinski definition) is 2. The highest BCUT2D eigenvalue weighted by Gasteiger charge is 2.34. The van der Waals surface area contributed by atoms with Gasteiger partial charge in [0.05, 0.1) is 18.0 Å². The number of ether oxygens (including phenoxy) is 2. The summed E-state index contributed by atoms with van der Waals surface area (Å²) in [6.07, 6.45) is 5.87. The number of aromatic nitrogens is 4. The first-order valence-corrected chi connectivity index (χ1v) is 11.2. The molecular weight excluding hydrogens is 420 g/mol. The number of fused-ring (bicyclic) bond motifs is 1. The predicted octanol–water partition coefficient (Wildman–Crippen LogP) is 2.82. The minimum absolute atomic E-state index is 0.0728. The minimum atomic E-state index is -0.250. The standard InChI is InChI=1S/C24H26N6O3/c1-2-5-19(31)28-16-12-17(13-16)30-24-21(23(25)26-14-27-24)22(29-30)15-7-9-18(10-8-15)33-20-6-3-4-11-32-20/h7-10,14,16-17,20H,3-4,6,11-13H2,1H3,(H,28,31)(H2,25,26,27). The lowest BCUT2D eigenvalue weighted by molar-refractivity contribution is -0.117. The molecule has 5 rings (SSSR count). The van der Waals surface area contributed by atoms with Crippen LogP contribution >= 0.6 is 0 Å². The van der Waals surface area contributed by atoms with Crippen molar-refractivity contribution in [1.82, 2.24) is 25.1 Å². The maximum Gasteiger partial charge on any atom is 0.296 e. The van der Waals surface area contributed by atoms with Crippen molar-refractivity contribution < 1.29 is 14.3 Å². The summed E-state index contributed by atoms with van der Waals surface area (Å²) < 4.78 is 13.5. The smallest absolute Gasteiger partial charge is 0.296 e. The molecule has 1 aliphatic carbocycles. The van der Waals surface area contributed by atoms with Crippen LogP contribution in [0.5, 0.6) is 5.75 Å². The summed E-state index contributed by atoms with van der Waals surface area (Å²) in [6.45, 7) is 2.39. The first-order chi connectivity index (χ1) is 16.1. The van der Waals surface area contributed by atoms with E-state index >= 15 is 0 Å². The van der Waals surface area contributed by atoms with Crippen LogP contribution < -0.4 is 15.8 Å². The van der Waals surface area contributed by atoms with Crippen molar-refractivity contribution in [1.29, 1.82) is 0 Å². The second-order valence-corrected chi connectivity index (χ2v) is 8.36. The second kappa shape index (κ2) is 9.08. The SMILES string of the molecule is CC#CC(=O)NC1CC(n2nc(-c3ccc(OC4CCCCO4)cc3)c3c(N)ncnc32)C1. The number of nitrogen functional groups attached to an aromatic ring is 1. The number of nitrogens with one attached hydrogen (secondary N) is 1. The van der Waals surface area contributed by atoms with Crippen LogP contribution in [0.1, 0.15) is 45.1 Å². The molecule has 1 unspecified atom stereocenters. The molecule has 2 aromatic heterocycles. The molecule has 1 aromatic carbocycles. The van der Waals surface area contributed by atoms with Gasteiger partial charge < -0.3 is 20.5 Å². The number of amides is 1. The van der Waals surface area contributed by atoms with E-state index in [1.165, 1.54) is 6.33 Å². The summed E-state index contributed by atoms with van der Waals surface area (Å²) in [4.78, 5) is 20.4. The molecule has 1 atom stereocenters. The number of benzene rings is 1. The number of nitrogens with two attached hydrogens (primary N) is 1. The van der Waals surface area contributed by atoms with Crippen LogP contribution in [-0.4, -0.2) is 44.6 Å². The van der Waals surface area contributed by atoms with Gasteiger partial charge in [-0.15, -0.1) is 0 Å². The Hall–Kier alpha value is -3.64. The molecule has 3 aromatic rings. The van der Waals surface area contributed by atoms with Crippen LogP contribution in [0.4, 0.5) is 5.82 Å². The Kier molecular flexibility index (Phi) is 5.84. The Morgan fingerprint density at radius 3 is 2.79 bits per heavy atom. The van der Waals surface area contributed by atoms with Gasteiger partial charge in [-0.2, -0.15) is 5.10 Å². The lowest BCUT2D eigenvalue weighted by Gasteiger charge is -2.35. The fraction of sp³-hybridized carbons (Fsp3) is 0.417. The lowest BCUT2D eigenvalue weighted by atomic mass is 9.87. The van der Waals surface area contributed by atoms with Gasteiger partial charge in [0.15, 0.2) is 11.9 Å². The number of anilines is 1. The molecule has 1 saturated heterocycles. The lowest BCUT2D eigenvalue weighted by Crippen LogP contribution is -2.44. The molecule has 3 heterocycles. The molecule has 1 saturated carbocycles. The van der Waals surface area contributed by atoms with Gasteiger partial charge in [0.2, 0.25) is 0 Å². The number of nitrogens with zero attached hydrogens (tertiary/aromatic N) is 4. The van der Waals surface area contributed by atoms with Crippen LogP contribution in [0.25, 0.3) is 22.3 Å². The molecular formula is C24H26N6O3. The number of rotatable bonds is 5. The zero-order valence-electron chi connectivity index (χ0n) is 18.5. The third-order valence-electron chi connectivity index (χ3n) is 6.08. The molecule has 3 N–H and O–H groups in total. The Balaban J connectivity index is 1.38. The molecule has 2 aliphatic rings. The summed E-state index contributed by atoms with van der Waals surface area (Å²) in [5.74, 6) is 6.02. The van der Waals surface area contributed by atoms with E-state index in [9.17, 15) is 4.79 Å². The second-order valence-electron chi connectivity index (χ2n) is 8.36. The third-order valence-corrected chi connectivity index (χ3v) is 6.08. The summed E-state index contributed by atoms with van der Waals surface area (Å²) in [5, 5.41) is 8.51. The van der Waals surface area contributed by atoms with Crippen molar-refractivity contribution in [2.24, 2.45) is 0 Å². The normalized spacial score (nSPS) is 22.2. The average molecular weight is 447 g/mol. The molecule has 9 nitrogen and oxygen atoms in total. The van der Waals surface area contributed by atoms with Gasteiger partial charge in [0.1, 0.15) is 23.6 Å². The average Bonchev–Trinajstić information content (AvgIpc) is 3.18. The van der Waals surface area contributed by atoms with Gasteiger partial charge in [0.25, 0.3) is 5.91 Å². The number of hydrogen-bond acceptors (Lipinski definition) is 7. The van der Waals surface area contributed by atoms with Crippen LogP contribution in [-0.2, 0) is 9.53 Å². The maximum absolute atomic E-state index is 11.7. The third kappa shape index (κ3) is 4.34. The quantitative estimate of drug-likeness (QED) is 0.579. The highest BCUT2D eigenvalue weighted by atomic mass is 16.7. The molecule has 1 aliphatic heterocycles. The fourth-order valence-corrected chi connectivity index (χ4v) is 4.34. The van der Waals surface area contributed by atoms with E-state index in [2.05, 4.69) is 27.1 Å². The van der Waals surface area contributed by atoms with Crippen LogP contribution in [0.15, 0.2) is 30.6 Å². The molecule has 9 heteroatoms. The van der Waals surface area contributed by atoms with E-state index in [1.807, 2.05) is 28.9 Å². The minimum Gasteiger partial charge on any atom is -0.465 e. The molecule has 0 radical (unpaired) electrons. The van der Waals surface area contributed by atoms with Crippen LogP contribution in [0.3, 0.4) is 0 Å². The maximum atomic E-state index is 11.7. The first-order valence-electron chi connectivity index (χ1n) is 11.2. The Bertz CT molecular complexity index is 1210. The van der Waals surface area contributed by atoms with E-state index in [4.69, 9.17) is 20.3 Å². The zero-order chi connectivity index (χ0) is 22.8. The van der Waals surface area contributed by atoms with Gasteiger partial charge in [-0.05, 0) is 62.8 Å².